The van der Waals surface area contributed by atoms with Crippen molar-refractivity contribution >= 4 is 17.3 Å². The Labute approximate surface area is 194 Å². The highest BCUT2D eigenvalue weighted by Gasteiger charge is 2.11. The molecule has 0 aliphatic heterocycles. The van der Waals surface area contributed by atoms with Crippen LogP contribution in [0, 0.1) is 0 Å². The van der Waals surface area contributed by atoms with Crippen LogP contribution in [0.2, 0.25) is 5.02 Å². The predicted octanol–water partition coefficient (Wildman–Crippen LogP) is 7.28. The zero-order valence-corrected chi connectivity index (χ0v) is 19.6. The molecule has 0 aromatic heterocycles. The van der Waals surface area contributed by atoms with Gasteiger partial charge in [0.2, 0.25) is 0 Å². The van der Waals surface area contributed by atoms with Crippen LogP contribution in [0.3, 0.4) is 0 Å². The Morgan fingerprint density at radius 3 is 2.16 bits per heavy atom. The maximum atomic E-state index is 6.38. The van der Waals surface area contributed by atoms with Gasteiger partial charge >= 0.3 is 0 Å². The quantitative estimate of drug-likeness (QED) is 0.252. The van der Waals surface area contributed by atoms with Crippen LogP contribution in [-0.2, 0) is 11.4 Å². The molecule has 0 radical (unpaired) electrons. The summed E-state index contributed by atoms with van der Waals surface area (Å²) in [5, 5.41) is 4.52. The van der Waals surface area contributed by atoms with Crippen molar-refractivity contribution in [2.24, 2.45) is 5.16 Å². The molecule has 0 saturated carbocycles. The van der Waals surface area contributed by atoms with E-state index < -0.39 is 0 Å². The normalized spacial score (nSPS) is 11.7. The largest absolute Gasteiger partial charge is 0.489 e. The van der Waals surface area contributed by atoms with Crippen molar-refractivity contribution in [2.75, 3.05) is 6.61 Å². The van der Waals surface area contributed by atoms with Crippen molar-refractivity contribution in [2.45, 2.75) is 39.9 Å². The summed E-state index contributed by atoms with van der Waals surface area (Å²) in [6.07, 6.45) is 0. The first-order chi connectivity index (χ1) is 15.3. The fraction of sp³-hybridized carbons (Fsp3) is 0.269. The van der Waals surface area contributed by atoms with Gasteiger partial charge in [-0.05, 0) is 69.7 Å². The van der Waals surface area contributed by atoms with Crippen LogP contribution >= 0.6 is 11.6 Å². The van der Waals surface area contributed by atoms with E-state index in [1.807, 2.05) is 82.3 Å². The number of halogens is 1. The maximum Gasteiger partial charge on any atom is 0.146 e. The summed E-state index contributed by atoms with van der Waals surface area (Å²) in [6, 6.07) is 22.7. The third kappa shape index (κ3) is 7.82. The van der Waals surface area contributed by atoms with E-state index in [9.17, 15) is 0 Å². The third-order valence-electron chi connectivity index (χ3n) is 4.13. The van der Waals surface area contributed by atoms with Gasteiger partial charge in [-0.2, -0.15) is 0 Å². The fourth-order valence-corrected chi connectivity index (χ4v) is 2.76. The lowest BCUT2D eigenvalue weighted by Gasteiger charge is -2.16. The molecule has 0 bridgehead atoms. The highest BCUT2D eigenvalue weighted by atomic mass is 35.5. The minimum Gasteiger partial charge on any atom is -0.489 e. The second-order valence-corrected chi connectivity index (χ2v) is 8.67. The molecule has 6 heteroatoms. The van der Waals surface area contributed by atoms with Gasteiger partial charge < -0.3 is 19.0 Å². The average Bonchev–Trinajstić information content (AvgIpc) is 2.77. The second kappa shape index (κ2) is 10.9. The summed E-state index contributed by atoms with van der Waals surface area (Å²) in [6.45, 7) is 8.48. The van der Waals surface area contributed by atoms with E-state index in [1.54, 1.807) is 18.2 Å². The van der Waals surface area contributed by atoms with Gasteiger partial charge in [0.25, 0.3) is 0 Å². The van der Waals surface area contributed by atoms with Crippen molar-refractivity contribution in [3.8, 4) is 23.0 Å². The van der Waals surface area contributed by atoms with Gasteiger partial charge in [-0.1, -0.05) is 47.1 Å². The Morgan fingerprint density at radius 2 is 1.50 bits per heavy atom. The standard InChI is InChI=1S/C26H28ClNO4/c1-19(28-32-26(2,3)4)17-29-23-14-15-25(24(27)16-23)31-22-12-10-21(11-13-22)30-18-20-8-6-5-7-9-20/h5-16H,17-18H2,1-4H3. The molecule has 3 rings (SSSR count). The Kier molecular flexibility index (Phi) is 8.01. The van der Waals surface area contributed by atoms with Gasteiger partial charge in [-0.15, -0.1) is 0 Å². The Hall–Kier alpha value is -3.18. The second-order valence-electron chi connectivity index (χ2n) is 8.26. The van der Waals surface area contributed by atoms with Crippen LogP contribution in [0.1, 0.15) is 33.3 Å². The summed E-state index contributed by atoms with van der Waals surface area (Å²) in [5.41, 5.74) is 1.51. The van der Waals surface area contributed by atoms with Crippen molar-refractivity contribution < 1.29 is 19.0 Å². The molecule has 5 nitrogen and oxygen atoms in total. The Balaban J connectivity index is 1.52. The summed E-state index contributed by atoms with van der Waals surface area (Å²) in [4.78, 5) is 5.39. The number of oxime groups is 1. The summed E-state index contributed by atoms with van der Waals surface area (Å²) in [7, 11) is 0. The van der Waals surface area contributed by atoms with Crippen LogP contribution in [0.25, 0.3) is 0 Å². The lowest BCUT2D eigenvalue weighted by Crippen LogP contribution is -2.18. The van der Waals surface area contributed by atoms with E-state index in [4.69, 9.17) is 30.6 Å². The smallest absolute Gasteiger partial charge is 0.146 e. The molecule has 168 valence electrons. The molecule has 0 heterocycles. The molecule has 32 heavy (non-hydrogen) atoms. The van der Waals surface area contributed by atoms with Crippen LogP contribution in [-0.4, -0.2) is 17.9 Å². The molecule has 0 unspecified atom stereocenters. The monoisotopic (exact) mass is 453 g/mol. The molecule has 0 amide bonds. The predicted molar refractivity (Wildman–Crippen MR) is 128 cm³/mol. The molecule has 0 saturated heterocycles. The topological polar surface area (TPSA) is 49.3 Å². The van der Waals surface area contributed by atoms with Crippen LogP contribution in [0.5, 0.6) is 23.0 Å². The summed E-state index contributed by atoms with van der Waals surface area (Å²) >= 11 is 6.38. The van der Waals surface area contributed by atoms with E-state index in [0.29, 0.717) is 35.5 Å². The zero-order valence-electron chi connectivity index (χ0n) is 18.8. The summed E-state index contributed by atoms with van der Waals surface area (Å²) in [5.74, 6) is 2.59. The minimum absolute atomic E-state index is 0.303. The molecule has 0 fully saturated rings. The molecular weight excluding hydrogens is 426 g/mol. The molecule has 0 spiro atoms. The van der Waals surface area contributed by atoms with Crippen LogP contribution in [0.4, 0.5) is 0 Å². The number of benzene rings is 3. The van der Waals surface area contributed by atoms with Crippen molar-refractivity contribution in [3.05, 3.63) is 83.4 Å². The summed E-state index contributed by atoms with van der Waals surface area (Å²) < 4.78 is 17.4. The zero-order chi connectivity index (χ0) is 23.0. The first kappa shape index (κ1) is 23.5. The van der Waals surface area contributed by atoms with E-state index >= 15 is 0 Å². The molecular formula is C26H28ClNO4. The lowest BCUT2D eigenvalue weighted by atomic mass is 10.2. The van der Waals surface area contributed by atoms with E-state index in [2.05, 4.69) is 5.16 Å². The minimum atomic E-state index is -0.338. The number of nitrogens with zero attached hydrogens (tertiary/aromatic N) is 1. The highest BCUT2D eigenvalue weighted by molar-refractivity contribution is 6.32. The van der Waals surface area contributed by atoms with E-state index in [-0.39, 0.29) is 5.60 Å². The number of hydrogen-bond acceptors (Lipinski definition) is 5. The Bertz CT molecular complexity index is 1030. The number of ether oxygens (including phenoxy) is 3. The highest BCUT2D eigenvalue weighted by Crippen LogP contribution is 2.33. The Morgan fingerprint density at radius 1 is 0.844 bits per heavy atom. The van der Waals surface area contributed by atoms with Crippen molar-refractivity contribution in [1.29, 1.82) is 0 Å². The first-order valence-electron chi connectivity index (χ1n) is 10.4. The molecule has 0 N–H and O–H groups in total. The molecule has 0 atom stereocenters. The molecule has 0 aliphatic carbocycles. The lowest BCUT2D eigenvalue weighted by molar-refractivity contribution is 0.0000981. The van der Waals surface area contributed by atoms with Gasteiger partial charge in [0, 0.05) is 6.07 Å². The van der Waals surface area contributed by atoms with Crippen LogP contribution < -0.4 is 14.2 Å². The molecule has 3 aromatic carbocycles. The van der Waals surface area contributed by atoms with Gasteiger partial charge in [0.1, 0.15) is 41.8 Å². The van der Waals surface area contributed by atoms with Gasteiger partial charge in [-0.25, -0.2) is 0 Å². The van der Waals surface area contributed by atoms with Gasteiger partial charge in [-0.3, -0.25) is 0 Å². The van der Waals surface area contributed by atoms with Gasteiger partial charge in [0.05, 0.1) is 10.7 Å². The fourth-order valence-electron chi connectivity index (χ4n) is 2.55. The molecule has 0 aliphatic rings. The van der Waals surface area contributed by atoms with E-state index in [1.165, 1.54) is 0 Å². The third-order valence-corrected chi connectivity index (χ3v) is 4.42. The SMILES string of the molecule is CC(COc1ccc(Oc2ccc(OCc3ccccc3)cc2)c(Cl)c1)=NOC(C)(C)C. The molecule has 3 aromatic rings. The maximum absolute atomic E-state index is 6.38. The van der Waals surface area contributed by atoms with Crippen molar-refractivity contribution in [1.82, 2.24) is 0 Å². The van der Waals surface area contributed by atoms with Crippen molar-refractivity contribution in [3.63, 3.8) is 0 Å². The van der Waals surface area contributed by atoms with E-state index in [0.717, 1.165) is 17.0 Å². The van der Waals surface area contributed by atoms with Gasteiger partial charge in [0.15, 0.2) is 0 Å². The van der Waals surface area contributed by atoms with Crippen LogP contribution in [0.15, 0.2) is 78.0 Å². The average molecular weight is 454 g/mol. The first-order valence-corrected chi connectivity index (χ1v) is 10.7. The number of rotatable bonds is 9. The number of hydrogen-bond donors (Lipinski definition) is 0.